The van der Waals surface area contributed by atoms with E-state index in [4.69, 9.17) is 19.9 Å². The molecule has 1 fully saturated rings. The number of rotatable bonds is 14. The van der Waals surface area contributed by atoms with Crippen molar-refractivity contribution in [3.05, 3.63) is 112 Å². The number of ether oxygens (including phenoxy) is 3. The second kappa shape index (κ2) is 16.9. The van der Waals surface area contributed by atoms with E-state index in [0.717, 1.165) is 42.0 Å². The highest BCUT2D eigenvalue weighted by molar-refractivity contribution is 7.20. The number of carbonyl (C=O) groups excluding carboxylic acids is 1. The minimum absolute atomic E-state index is 0.000533. The number of β-amino-alcohol motifs (C(OH)–C–C–N with tert-alkyl or cyclic N) is 1. The van der Waals surface area contributed by atoms with Crippen LogP contribution in [0.3, 0.4) is 0 Å². The average Bonchev–Trinajstić information content (AvgIpc) is 3.89. The maximum Gasteiger partial charge on any atom is 0.298 e. The summed E-state index contributed by atoms with van der Waals surface area (Å²) in [6, 6.07) is 17.3. The van der Waals surface area contributed by atoms with Gasteiger partial charge in [0.15, 0.2) is 5.82 Å². The molecule has 18 heteroatoms. The summed E-state index contributed by atoms with van der Waals surface area (Å²) in [4.78, 5) is 37.6. The first kappa shape index (κ1) is 38.9. The fourth-order valence-corrected chi connectivity index (χ4v) is 8.18. The Morgan fingerprint density at radius 2 is 1.95 bits per heavy atom. The molecule has 1 atom stereocenters. The highest BCUT2D eigenvalue weighted by Crippen LogP contribution is 2.33. The van der Waals surface area contributed by atoms with Crippen molar-refractivity contribution in [2.75, 3.05) is 62.4 Å². The molecule has 5 N–H and O–H groups in total. The molecule has 0 spiro atoms. The van der Waals surface area contributed by atoms with Crippen LogP contribution < -0.4 is 31.4 Å². The smallest absolute Gasteiger partial charge is 0.298 e. The van der Waals surface area contributed by atoms with Crippen molar-refractivity contribution in [3.63, 3.8) is 0 Å². The maximum atomic E-state index is 14.9. The average molecular weight is 814 g/mol. The second-order valence-electron chi connectivity index (χ2n) is 14.2. The minimum atomic E-state index is -1.66. The van der Waals surface area contributed by atoms with E-state index in [2.05, 4.69) is 25.7 Å². The monoisotopic (exact) mass is 813 g/mol. The van der Waals surface area contributed by atoms with Crippen molar-refractivity contribution in [2.24, 2.45) is 0 Å². The fourth-order valence-electron chi connectivity index (χ4n) is 7.26. The quantitative estimate of drug-likeness (QED) is 0.111. The van der Waals surface area contributed by atoms with Gasteiger partial charge >= 0.3 is 0 Å². The number of fused-ring (bicyclic) bond motifs is 2. The van der Waals surface area contributed by atoms with Crippen molar-refractivity contribution in [1.82, 2.24) is 29.2 Å². The predicted molar refractivity (Wildman–Crippen MR) is 214 cm³/mol. The third-order valence-corrected chi connectivity index (χ3v) is 11.1. The number of nitrogen functional groups attached to an aromatic ring is 1. The van der Waals surface area contributed by atoms with Gasteiger partial charge in [0.2, 0.25) is 0 Å². The summed E-state index contributed by atoms with van der Waals surface area (Å²) in [7, 11) is 0. The molecule has 6 aromatic rings. The topological polar surface area (TPSA) is 184 Å². The molecule has 1 unspecified atom stereocenters. The lowest BCUT2D eigenvalue weighted by Crippen LogP contribution is -2.48. The van der Waals surface area contributed by atoms with Crippen LogP contribution in [0.25, 0.3) is 16.0 Å². The van der Waals surface area contributed by atoms with Crippen LogP contribution >= 0.6 is 11.3 Å². The molecule has 58 heavy (non-hydrogen) atoms. The van der Waals surface area contributed by atoms with Crippen LogP contribution in [0.4, 0.5) is 26.0 Å². The number of piperidine rings is 1. The lowest BCUT2D eigenvalue weighted by molar-refractivity contribution is -0.0469. The molecule has 0 bridgehead atoms. The molecule has 5 heterocycles. The van der Waals surface area contributed by atoms with Crippen molar-refractivity contribution < 1.29 is 32.9 Å². The number of nitrogens with two attached hydrogens (primary N) is 1. The molecule has 3 aromatic heterocycles. The Hall–Kier alpha value is -5.95. The van der Waals surface area contributed by atoms with Crippen molar-refractivity contribution >= 4 is 44.8 Å². The van der Waals surface area contributed by atoms with E-state index in [9.17, 15) is 23.5 Å². The first-order valence-corrected chi connectivity index (χ1v) is 19.7. The van der Waals surface area contributed by atoms with Crippen LogP contribution in [0.5, 0.6) is 11.5 Å². The fraction of sp³-hybridized carbons (Fsp3) is 0.325. The van der Waals surface area contributed by atoms with Crippen molar-refractivity contribution in [3.8, 4) is 17.2 Å². The molecule has 1 amide bonds. The van der Waals surface area contributed by atoms with Gasteiger partial charge in [0, 0.05) is 56.0 Å². The Kier molecular flexibility index (Phi) is 11.3. The van der Waals surface area contributed by atoms with Gasteiger partial charge in [0.05, 0.1) is 47.6 Å². The maximum absolute atomic E-state index is 14.9. The predicted octanol–water partition coefficient (Wildman–Crippen LogP) is 4.79. The molecule has 15 nitrogen and oxygen atoms in total. The van der Waals surface area contributed by atoms with Crippen LogP contribution in [-0.2, 0) is 16.9 Å². The van der Waals surface area contributed by atoms with Gasteiger partial charge in [-0.3, -0.25) is 19.1 Å². The Morgan fingerprint density at radius 1 is 1.09 bits per heavy atom. The number of halogens is 2. The zero-order valence-corrected chi connectivity index (χ0v) is 32.1. The largest absolute Gasteiger partial charge is 0.493 e. The van der Waals surface area contributed by atoms with Gasteiger partial charge in [0.25, 0.3) is 11.5 Å². The molecule has 2 aliphatic heterocycles. The molecule has 0 saturated carbocycles. The normalized spacial score (nSPS) is 15.6. The number of aromatic nitrogens is 5. The van der Waals surface area contributed by atoms with Gasteiger partial charge in [-0.2, -0.15) is 5.10 Å². The van der Waals surface area contributed by atoms with Crippen molar-refractivity contribution in [2.45, 2.75) is 37.5 Å². The van der Waals surface area contributed by atoms with Gasteiger partial charge < -0.3 is 35.7 Å². The third-order valence-electron chi connectivity index (χ3n) is 10.0. The first-order chi connectivity index (χ1) is 28.1. The van der Waals surface area contributed by atoms with E-state index in [1.54, 1.807) is 42.5 Å². The minimum Gasteiger partial charge on any atom is -0.493 e. The van der Waals surface area contributed by atoms with E-state index in [-0.39, 0.29) is 36.5 Å². The van der Waals surface area contributed by atoms with Crippen LogP contribution in [0.2, 0.25) is 0 Å². The Bertz CT molecular complexity index is 2470. The van der Waals surface area contributed by atoms with E-state index < -0.39 is 22.8 Å². The second-order valence-corrected chi connectivity index (χ2v) is 15.2. The van der Waals surface area contributed by atoms with Crippen LogP contribution in [0, 0.1) is 11.6 Å². The number of thiophene rings is 1. The lowest BCUT2D eigenvalue weighted by Gasteiger charge is -2.38. The molecular weight excluding hydrogens is 773 g/mol. The molecule has 3 aromatic carbocycles. The molecular formula is C40H41F2N9O6S. The number of anilines is 3. The van der Waals surface area contributed by atoms with Gasteiger partial charge in [-0.1, -0.05) is 12.1 Å². The standard InChI is InChI=1S/C40H41F2N9O6S/c41-25-5-7-30(31(42)17-25)40(54,22-50-24-44-23-46-50)21-49-12-9-28(10-13-49)55-14-2-15-56-29-4-1-3-26(18-29)47-37(52)35-20-33-38(58-35)48-36(43)39(53)51(33)27-6-8-34-32(19-27)45-11-16-57-34/h1,3-8,17-20,23-24,28,45,54H,2,9-16,21-22H2,(H2,43,48)(H,47,52). The van der Waals surface area contributed by atoms with E-state index in [1.807, 2.05) is 11.0 Å². The summed E-state index contributed by atoms with van der Waals surface area (Å²) in [5.74, 6) is -0.819. The number of hydrogen-bond donors (Lipinski definition) is 4. The van der Waals surface area contributed by atoms with Gasteiger partial charge in [0.1, 0.15) is 52.8 Å². The highest BCUT2D eigenvalue weighted by Gasteiger charge is 2.37. The van der Waals surface area contributed by atoms with Gasteiger partial charge in [-0.15, -0.1) is 11.3 Å². The number of likely N-dealkylation sites (tertiary alicyclic amines) is 1. The summed E-state index contributed by atoms with van der Waals surface area (Å²) in [5, 5.41) is 21.9. The Labute approximate surface area is 335 Å². The molecule has 8 rings (SSSR count). The molecule has 0 radical (unpaired) electrons. The van der Waals surface area contributed by atoms with Gasteiger partial charge in [-0.05, 0) is 55.3 Å². The highest BCUT2D eigenvalue weighted by atomic mass is 32.1. The number of aliphatic hydroxyl groups is 1. The number of amides is 1. The number of carbonyl (C=O) groups is 1. The first-order valence-electron chi connectivity index (χ1n) is 18.8. The zero-order chi connectivity index (χ0) is 40.2. The van der Waals surface area contributed by atoms with E-state index >= 15 is 0 Å². The van der Waals surface area contributed by atoms with Crippen molar-refractivity contribution in [1.29, 1.82) is 0 Å². The number of nitrogens with zero attached hydrogens (tertiary/aromatic N) is 6. The number of benzene rings is 3. The third kappa shape index (κ3) is 8.64. The van der Waals surface area contributed by atoms with Crippen LogP contribution in [0.15, 0.2) is 84.2 Å². The summed E-state index contributed by atoms with van der Waals surface area (Å²) >= 11 is 1.13. The molecule has 1 saturated heterocycles. The van der Waals surface area contributed by atoms with E-state index in [0.29, 0.717) is 84.0 Å². The van der Waals surface area contributed by atoms with Crippen LogP contribution in [-0.4, -0.2) is 92.3 Å². The zero-order valence-electron chi connectivity index (χ0n) is 31.3. The summed E-state index contributed by atoms with van der Waals surface area (Å²) in [5.41, 5.74) is 6.18. The summed E-state index contributed by atoms with van der Waals surface area (Å²) in [6.07, 6.45) is 4.86. The SMILES string of the molecule is Nc1nc2sc(C(=O)Nc3cccc(OCCCOC4CCN(CC(O)(Cn5cncn5)c5ccc(F)cc5F)CC4)c3)cc2n(-c2ccc3c(c2)NCCO3)c1=O. The Morgan fingerprint density at radius 3 is 2.76 bits per heavy atom. The van der Waals surface area contributed by atoms with Crippen LogP contribution in [0.1, 0.15) is 34.5 Å². The Balaban J connectivity index is 0.816. The molecule has 2 aliphatic rings. The molecule has 0 aliphatic carbocycles. The summed E-state index contributed by atoms with van der Waals surface area (Å²) in [6.45, 7) is 3.37. The van der Waals surface area contributed by atoms with Gasteiger partial charge in [-0.25, -0.2) is 23.4 Å². The lowest BCUT2D eigenvalue weighted by atomic mass is 9.91. The molecule has 302 valence electrons. The number of nitrogens with one attached hydrogen (secondary N) is 2. The van der Waals surface area contributed by atoms with E-state index in [1.165, 1.54) is 28.0 Å². The number of hydrogen-bond acceptors (Lipinski definition) is 13. The summed E-state index contributed by atoms with van der Waals surface area (Å²) < 4.78 is 49.2.